The van der Waals surface area contributed by atoms with Gasteiger partial charge < -0.3 is 15.5 Å². The molecule has 7 nitrogen and oxygen atoms in total. The summed E-state index contributed by atoms with van der Waals surface area (Å²) in [6.07, 6.45) is 4.87. The quantitative estimate of drug-likeness (QED) is 0.696. The van der Waals surface area contributed by atoms with E-state index < -0.39 is 0 Å². The summed E-state index contributed by atoms with van der Waals surface area (Å²) >= 11 is 0. The minimum Gasteiger partial charge on any atom is -0.384 e. The molecule has 1 fully saturated rings. The third-order valence-corrected chi connectivity index (χ3v) is 5.50. The molecular formula is C23H25FN6O. The standard InChI is InChI=1S/C23H25FN6O/c1-29(2)23-27-13-18(17-7-3-4-8-19(17)24)21(28-23)16-6-5-11-30(14-16)22(31)15-9-10-20(25)26-12-15/h3-4,7-10,12-13,16H,5-6,11,14H2,1-2H3,(H2,25,26)/t16-/m1/s1. The van der Waals surface area contributed by atoms with Gasteiger partial charge in [0.05, 0.1) is 11.3 Å². The predicted molar refractivity (Wildman–Crippen MR) is 118 cm³/mol. The minimum absolute atomic E-state index is 0.0317. The number of likely N-dealkylation sites (tertiary alicyclic amines) is 1. The zero-order valence-corrected chi connectivity index (χ0v) is 17.6. The average Bonchev–Trinajstić information content (AvgIpc) is 2.79. The second kappa shape index (κ2) is 8.67. The number of pyridine rings is 1. The fourth-order valence-electron chi connectivity index (χ4n) is 3.90. The van der Waals surface area contributed by atoms with Crippen molar-refractivity contribution in [3.05, 3.63) is 65.9 Å². The molecular weight excluding hydrogens is 395 g/mol. The third-order valence-electron chi connectivity index (χ3n) is 5.50. The largest absolute Gasteiger partial charge is 0.384 e. The summed E-state index contributed by atoms with van der Waals surface area (Å²) < 4.78 is 14.6. The van der Waals surface area contributed by atoms with E-state index in [0.29, 0.717) is 41.5 Å². The topological polar surface area (TPSA) is 88.2 Å². The SMILES string of the molecule is CN(C)c1ncc(-c2ccccc2F)c([C@@H]2CCCN(C(=O)c3ccc(N)nc3)C2)n1. The molecule has 0 aliphatic carbocycles. The van der Waals surface area contributed by atoms with Crippen LogP contribution in [0.15, 0.2) is 48.8 Å². The van der Waals surface area contributed by atoms with Gasteiger partial charge in [0, 0.05) is 56.6 Å². The molecule has 1 amide bonds. The van der Waals surface area contributed by atoms with Crippen molar-refractivity contribution in [2.75, 3.05) is 37.8 Å². The number of piperidine rings is 1. The van der Waals surface area contributed by atoms with Crippen LogP contribution in [0.2, 0.25) is 0 Å². The Hall–Kier alpha value is -3.55. The molecule has 4 rings (SSSR count). The number of aromatic nitrogens is 3. The molecule has 0 radical (unpaired) electrons. The zero-order chi connectivity index (χ0) is 22.0. The number of anilines is 2. The van der Waals surface area contributed by atoms with Crippen LogP contribution in [0.25, 0.3) is 11.1 Å². The maximum atomic E-state index is 14.6. The summed E-state index contributed by atoms with van der Waals surface area (Å²) in [5, 5.41) is 0. The maximum Gasteiger partial charge on any atom is 0.255 e. The van der Waals surface area contributed by atoms with Crippen LogP contribution in [0.5, 0.6) is 0 Å². The van der Waals surface area contributed by atoms with Gasteiger partial charge in [-0.3, -0.25) is 4.79 Å². The van der Waals surface area contributed by atoms with E-state index >= 15 is 0 Å². The first kappa shape index (κ1) is 20.7. The molecule has 1 aliphatic rings. The number of nitrogens with zero attached hydrogens (tertiary/aromatic N) is 5. The number of halogens is 1. The van der Waals surface area contributed by atoms with Crippen LogP contribution in [-0.2, 0) is 0 Å². The van der Waals surface area contributed by atoms with E-state index in [0.717, 1.165) is 18.5 Å². The van der Waals surface area contributed by atoms with Gasteiger partial charge in [0.25, 0.3) is 5.91 Å². The van der Waals surface area contributed by atoms with Gasteiger partial charge >= 0.3 is 0 Å². The Kier molecular flexibility index (Phi) is 5.79. The van der Waals surface area contributed by atoms with Crippen LogP contribution in [-0.4, -0.2) is 52.9 Å². The Labute approximate surface area is 180 Å². The summed E-state index contributed by atoms with van der Waals surface area (Å²) in [5.41, 5.74) is 8.03. The molecule has 160 valence electrons. The molecule has 3 aromatic rings. The molecule has 0 spiro atoms. The number of nitrogens with two attached hydrogens (primary N) is 1. The van der Waals surface area contributed by atoms with Crippen molar-refractivity contribution in [2.24, 2.45) is 0 Å². The van der Waals surface area contributed by atoms with Crippen LogP contribution in [0.3, 0.4) is 0 Å². The van der Waals surface area contributed by atoms with Crippen LogP contribution < -0.4 is 10.6 Å². The van der Waals surface area contributed by atoms with Crippen LogP contribution in [0, 0.1) is 5.82 Å². The number of amides is 1. The lowest BCUT2D eigenvalue weighted by Crippen LogP contribution is -2.39. The van der Waals surface area contributed by atoms with E-state index in [1.807, 2.05) is 23.9 Å². The molecule has 2 N–H and O–H groups in total. The number of benzene rings is 1. The van der Waals surface area contributed by atoms with Gasteiger partial charge in [-0.2, -0.15) is 0 Å². The van der Waals surface area contributed by atoms with Crippen molar-refractivity contribution in [3.63, 3.8) is 0 Å². The second-order valence-corrected chi connectivity index (χ2v) is 7.91. The summed E-state index contributed by atoms with van der Waals surface area (Å²) in [6, 6.07) is 9.94. The fraction of sp³-hybridized carbons (Fsp3) is 0.304. The van der Waals surface area contributed by atoms with E-state index in [4.69, 9.17) is 10.7 Å². The molecule has 1 saturated heterocycles. The first-order valence-corrected chi connectivity index (χ1v) is 10.2. The average molecular weight is 420 g/mol. The number of nitrogen functional groups attached to an aromatic ring is 1. The normalized spacial score (nSPS) is 16.2. The highest BCUT2D eigenvalue weighted by Gasteiger charge is 2.29. The second-order valence-electron chi connectivity index (χ2n) is 7.91. The number of carbonyl (C=O) groups excluding carboxylic acids is 1. The lowest BCUT2D eigenvalue weighted by Gasteiger charge is -2.33. The Balaban J connectivity index is 1.69. The Morgan fingerprint density at radius 3 is 2.65 bits per heavy atom. The molecule has 1 aromatic carbocycles. The first-order chi connectivity index (χ1) is 14.9. The Bertz CT molecular complexity index is 1090. The zero-order valence-electron chi connectivity index (χ0n) is 17.6. The van der Waals surface area contributed by atoms with Crippen molar-refractivity contribution in [3.8, 4) is 11.1 Å². The van der Waals surface area contributed by atoms with Crippen LogP contribution in [0.4, 0.5) is 16.2 Å². The smallest absolute Gasteiger partial charge is 0.255 e. The van der Waals surface area contributed by atoms with E-state index in [2.05, 4.69) is 9.97 Å². The highest BCUT2D eigenvalue weighted by Crippen LogP contribution is 2.35. The van der Waals surface area contributed by atoms with Gasteiger partial charge in [0.15, 0.2) is 0 Å². The van der Waals surface area contributed by atoms with Gasteiger partial charge in [-0.25, -0.2) is 19.3 Å². The highest BCUT2D eigenvalue weighted by molar-refractivity contribution is 5.94. The lowest BCUT2D eigenvalue weighted by molar-refractivity contribution is 0.0705. The Morgan fingerprint density at radius 2 is 1.94 bits per heavy atom. The van der Waals surface area contributed by atoms with Gasteiger partial charge in [-0.15, -0.1) is 0 Å². The number of carbonyl (C=O) groups is 1. The van der Waals surface area contributed by atoms with Crippen LogP contribution >= 0.6 is 0 Å². The van der Waals surface area contributed by atoms with E-state index in [9.17, 15) is 9.18 Å². The molecule has 0 bridgehead atoms. The molecule has 2 aromatic heterocycles. The van der Waals surface area contributed by atoms with Crippen molar-refractivity contribution in [2.45, 2.75) is 18.8 Å². The molecule has 8 heteroatoms. The molecule has 1 atom stereocenters. The molecule has 0 saturated carbocycles. The van der Waals surface area contributed by atoms with E-state index in [1.165, 1.54) is 12.3 Å². The third kappa shape index (κ3) is 4.33. The molecule has 31 heavy (non-hydrogen) atoms. The highest BCUT2D eigenvalue weighted by atomic mass is 19.1. The number of hydrogen-bond acceptors (Lipinski definition) is 6. The summed E-state index contributed by atoms with van der Waals surface area (Å²) in [5.74, 6) is 0.491. The molecule has 0 unspecified atom stereocenters. The predicted octanol–water partition coefficient (Wildman–Crippen LogP) is 3.35. The van der Waals surface area contributed by atoms with Gasteiger partial charge in [0.2, 0.25) is 5.95 Å². The van der Waals surface area contributed by atoms with Crippen molar-refractivity contribution >= 4 is 17.7 Å². The number of hydrogen-bond donors (Lipinski definition) is 1. The van der Waals surface area contributed by atoms with Gasteiger partial charge in [-0.1, -0.05) is 18.2 Å². The first-order valence-electron chi connectivity index (χ1n) is 10.2. The van der Waals surface area contributed by atoms with E-state index in [-0.39, 0.29) is 17.6 Å². The van der Waals surface area contributed by atoms with Crippen molar-refractivity contribution in [1.82, 2.24) is 19.9 Å². The summed E-state index contributed by atoms with van der Waals surface area (Å²) in [4.78, 5) is 29.9. The minimum atomic E-state index is -0.318. The summed E-state index contributed by atoms with van der Waals surface area (Å²) in [7, 11) is 3.74. The number of rotatable bonds is 4. The van der Waals surface area contributed by atoms with Crippen LogP contribution in [0.1, 0.15) is 34.8 Å². The monoisotopic (exact) mass is 420 g/mol. The molecule has 3 heterocycles. The van der Waals surface area contributed by atoms with Crippen molar-refractivity contribution < 1.29 is 9.18 Å². The van der Waals surface area contributed by atoms with E-state index in [1.54, 1.807) is 36.5 Å². The van der Waals surface area contributed by atoms with Gasteiger partial charge in [-0.05, 0) is 31.0 Å². The van der Waals surface area contributed by atoms with Gasteiger partial charge in [0.1, 0.15) is 11.6 Å². The molecule has 1 aliphatic heterocycles. The maximum absolute atomic E-state index is 14.6. The summed E-state index contributed by atoms with van der Waals surface area (Å²) in [6.45, 7) is 1.15. The van der Waals surface area contributed by atoms with Crippen molar-refractivity contribution in [1.29, 1.82) is 0 Å². The lowest BCUT2D eigenvalue weighted by atomic mass is 9.89. The Morgan fingerprint density at radius 1 is 1.13 bits per heavy atom. The fourth-order valence-corrected chi connectivity index (χ4v) is 3.90.